The van der Waals surface area contributed by atoms with Gasteiger partial charge in [0.25, 0.3) is 0 Å². The number of guanidine groups is 1. The molecule has 0 radical (unpaired) electrons. The predicted octanol–water partition coefficient (Wildman–Crippen LogP) is 3.06. The Hall–Kier alpha value is -2.93. The molecule has 0 aliphatic carbocycles. The van der Waals surface area contributed by atoms with E-state index in [0.717, 1.165) is 22.6 Å². The molecule has 0 saturated heterocycles. The molecule has 2 aromatic carbocycles. The highest BCUT2D eigenvalue weighted by Gasteiger charge is 2.15. The van der Waals surface area contributed by atoms with Crippen LogP contribution < -0.4 is 24.8 Å². The van der Waals surface area contributed by atoms with Gasteiger partial charge >= 0.3 is 0 Å². The SMILES string of the molecule is CCNC(=NCC(O)c1cccc(OC)c1)NC(C)c1cc(OC)ccc1OC. The second-order valence-corrected chi connectivity index (χ2v) is 6.49. The van der Waals surface area contributed by atoms with Gasteiger partial charge in [-0.1, -0.05) is 12.1 Å². The molecule has 0 aromatic heterocycles. The fourth-order valence-electron chi connectivity index (χ4n) is 2.91. The van der Waals surface area contributed by atoms with E-state index in [-0.39, 0.29) is 12.6 Å². The van der Waals surface area contributed by atoms with E-state index in [4.69, 9.17) is 14.2 Å². The minimum absolute atomic E-state index is 0.0909. The zero-order chi connectivity index (χ0) is 21.2. The van der Waals surface area contributed by atoms with E-state index in [2.05, 4.69) is 15.6 Å². The van der Waals surface area contributed by atoms with Gasteiger partial charge in [-0.05, 0) is 49.7 Å². The summed E-state index contributed by atoms with van der Waals surface area (Å²) in [5.41, 5.74) is 1.71. The maximum absolute atomic E-state index is 10.5. The zero-order valence-corrected chi connectivity index (χ0v) is 17.7. The van der Waals surface area contributed by atoms with Crippen molar-refractivity contribution in [1.29, 1.82) is 0 Å². The van der Waals surface area contributed by atoms with Crippen LogP contribution in [0.15, 0.2) is 47.5 Å². The molecule has 0 aliphatic heterocycles. The van der Waals surface area contributed by atoms with Gasteiger partial charge in [0.2, 0.25) is 0 Å². The maximum atomic E-state index is 10.5. The molecule has 2 rings (SSSR count). The number of aliphatic hydroxyl groups excluding tert-OH is 1. The number of rotatable bonds is 9. The van der Waals surface area contributed by atoms with Crippen LogP contribution >= 0.6 is 0 Å². The molecule has 7 heteroatoms. The fourth-order valence-corrected chi connectivity index (χ4v) is 2.91. The summed E-state index contributed by atoms with van der Waals surface area (Å²) in [6.07, 6.45) is -0.734. The lowest BCUT2D eigenvalue weighted by Gasteiger charge is -2.21. The largest absolute Gasteiger partial charge is 0.497 e. The number of hydrogen-bond acceptors (Lipinski definition) is 5. The zero-order valence-electron chi connectivity index (χ0n) is 17.7. The summed E-state index contributed by atoms with van der Waals surface area (Å²) < 4.78 is 16.0. The Labute approximate surface area is 172 Å². The van der Waals surface area contributed by atoms with Crippen molar-refractivity contribution in [2.24, 2.45) is 4.99 Å². The Morgan fingerprint density at radius 2 is 1.76 bits per heavy atom. The Kier molecular flexibility index (Phi) is 8.61. The first-order valence-corrected chi connectivity index (χ1v) is 9.61. The van der Waals surface area contributed by atoms with Gasteiger partial charge in [0.15, 0.2) is 5.96 Å². The van der Waals surface area contributed by atoms with Crippen molar-refractivity contribution in [2.45, 2.75) is 26.0 Å². The molecule has 7 nitrogen and oxygen atoms in total. The van der Waals surface area contributed by atoms with Crippen LogP contribution in [0.5, 0.6) is 17.2 Å². The normalized spacial score (nSPS) is 13.4. The molecular formula is C22H31N3O4. The van der Waals surface area contributed by atoms with Crippen molar-refractivity contribution < 1.29 is 19.3 Å². The first kappa shape index (κ1) is 22.4. The van der Waals surface area contributed by atoms with Crippen LogP contribution in [-0.4, -0.2) is 45.5 Å². The van der Waals surface area contributed by atoms with Gasteiger partial charge in [-0.2, -0.15) is 0 Å². The molecule has 0 bridgehead atoms. The number of aliphatic imine (C=N–C) groups is 1. The van der Waals surface area contributed by atoms with Gasteiger partial charge < -0.3 is 30.0 Å². The first-order chi connectivity index (χ1) is 14.0. The van der Waals surface area contributed by atoms with E-state index in [1.807, 2.05) is 56.3 Å². The Balaban J connectivity index is 2.14. The van der Waals surface area contributed by atoms with Gasteiger partial charge in [0, 0.05) is 12.1 Å². The van der Waals surface area contributed by atoms with Crippen LogP contribution in [-0.2, 0) is 0 Å². The Morgan fingerprint density at radius 1 is 1.03 bits per heavy atom. The highest BCUT2D eigenvalue weighted by molar-refractivity contribution is 5.80. The lowest BCUT2D eigenvalue weighted by Crippen LogP contribution is -2.39. The van der Waals surface area contributed by atoms with Gasteiger partial charge in [0.05, 0.1) is 40.0 Å². The second-order valence-electron chi connectivity index (χ2n) is 6.49. The predicted molar refractivity (Wildman–Crippen MR) is 115 cm³/mol. The molecule has 2 unspecified atom stereocenters. The third-order valence-electron chi connectivity index (χ3n) is 4.50. The number of ether oxygens (including phenoxy) is 3. The van der Waals surface area contributed by atoms with Gasteiger partial charge in [-0.3, -0.25) is 4.99 Å². The highest BCUT2D eigenvalue weighted by atomic mass is 16.5. The standard InChI is InChI=1S/C22H31N3O4/c1-6-23-22(24-14-20(26)16-8-7-9-17(12-16)27-3)25-15(2)19-13-18(28-4)10-11-21(19)29-5/h7-13,15,20,26H,6,14H2,1-5H3,(H2,23,24,25). The van der Waals surface area contributed by atoms with E-state index >= 15 is 0 Å². The van der Waals surface area contributed by atoms with Crippen LogP contribution in [0.3, 0.4) is 0 Å². The Morgan fingerprint density at radius 3 is 2.41 bits per heavy atom. The van der Waals surface area contributed by atoms with E-state index in [1.54, 1.807) is 21.3 Å². The monoisotopic (exact) mass is 401 g/mol. The maximum Gasteiger partial charge on any atom is 0.191 e. The van der Waals surface area contributed by atoms with Crippen LogP contribution in [0, 0.1) is 0 Å². The molecule has 0 heterocycles. The van der Waals surface area contributed by atoms with Crippen LogP contribution in [0.4, 0.5) is 0 Å². The third kappa shape index (κ3) is 6.29. The quantitative estimate of drug-likeness (QED) is 0.442. The molecule has 0 aliphatic rings. The number of aliphatic hydroxyl groups is 1. The van der Waals surface area contributed by atoms with E-state index < -0.39 is 6.10 Å². The molecule has 3 N–H and O–H groups in total. The number of nitrogens with zero attached hydrogens (tertiary/aromatic N) is 1. The third-order valence-corrected chi connectivity index (χ3v) is 4.50. The van der Waals surface area contributed by atoms with Crippen LogP contribution in [0.1, 0.15) is 37.1 Å². The van der Waals surface area contributed by atoms with Gasteiger partial charge in [-0.25, -0.2) is 0 Å². The fraction of sp³-hybridized carbons (Fsp3) is 0.409. The van der Waals surface area contributed by atoms with Gasteiger partial charge in [-0.15, -0.1) is 0 Å². The van der Waals surface area contributed by atoms with E-state index in [9.17, 15) is 5.11 Å². The number of methoxy groups -OCH3 is 3. The lowest BCUT2D eigenvalue weighted by molar-refractivity contribution is 0.186. The summed E-state index contributed by atoms with van der Waals surface area (Å²) in [4.78, 5) is 4.54. The molecule has 2 aromatic rings. The average molecular weight is 402 g/mol. The van der Waals surface area contributed by atoms with Crippen molar-refractivity contribution in [3.63, 3.8) is 0 Å². The Bertz CT molecular complexity index is 810. The van der Waals surface area contributed by atoms with Crippen molar-refractivity contribution in [3.8, 4) is 17.2 Å². The molecule has 2 atom stereocenters. The van der Waals surface area contributed by atoms with E-state index in [0.29, 0.717) is 18.3 Å². The number of nitrogens with one attached hydrogen (secondary N) is 2. The molecule has 0 fully saturated rings. The van der Waals surface area contributed by atoms with Crippen LogP contribution in [0.25, 0.3) is 0 Å². The summed E-state index contributed by atoms with van der Waals surface area (Å²) in [5, 5.41) is 17.1. The minimum Gasteiger partial charge on any atom is -0.497 e. The molecule has 158 valence electrons. The molecule has 0 saturated carbocycles. The molecular weight excluding hydrogens is 370 g/mol. The highest BCUT2D eigenvalue weighted by Crippen LogP contribution is 2.29. The summed E-state index contributed by atoms with van der Waals surface area (Å²) in [5.74, 6) is 2.82. The number of hydrogen-bond donors (Lipinski definition) is 3. The minimum atomic E-state index is -0.734. The van der Waals surface area contributed by atoms with Gasteiger partial charge in [0.1, 0.15) is 17.2 Å². The number of benzene rings is 2. The molecule has 0 spiro atoms. The molecule has 29 heavy (non-hydrogen) atoms. The smallest absolute Gasteiger partial charge is 0.191 e. The van der Waals surface area contributed by atoms with Crippen molar-refractivity contribution in [3.05, 3.63) is 53.6 Å². The van der Waals surface area contributed by atoms with Crippen molar-refractivity contribution in [1.82, 2.24) is 10.6 Å². The van der Waals surface area contributed by atoms with Crippen molar-refractivity contribution >= 4 is 5.96 Å². The second kappa shape index (κ2) is 11.2. The van der Waals surface area contributed by atoms with Crippen molar-refractivity contribution in [2.75, 3.05) is 34.4 Å². The molecule has 0 amide bonds. The van der Waals surface area contributed by atoms with Crippen LogP contribution in [0.2, 0.25) is 0 Å². The summed E-state index contributed by atoms with van der Waals surface area (Å²) in [7, 11) is 4.88. The van der Waals surface area contributed by atoms with E-state index in [1.165, 1.54) is 0 Å². The summed E-state index contributed by atoms with van der Waals surface area (Å²) in [6, 6.07) is 12.9. The summed E-state index contributed by atoms with van der Waals surface area (Å²) >= 11 is 0. The topological polar surface area (TPSA) is 84.3 Å². The average Bonchev–Trinajstić information content (AvgIpc) is 2.76. The first-order valence-electron chi connectivity index (χ1n) is 9.61. The summed E-state index contributed by atoms with van der Waals surface area (Å²) in [6.45, 7) is 4.92. The lowest BCUT2D eigenvalue weighted by atomic mass is 10.1.